The molecule has 1 fully saturated rings. The average molecular weight is 216 g/mol. The molecule has 2 atom stereocenters. The quantitative estimate of drug-likeness (QED) is 0.815. The molecule has 0 amide bonds. The summed E-state index contributed by atoms with van der Waals surface area (Å²) in [6.07, 6.45) is 2.86. The van der Waals surface area contributed by atoms with Gasteiger partial charge in [0.25, 0.3) is 0 Å². The maximum atomic E-state index is 11.7. The zero-order valence-electron chi connectivity index (χ0n) is 7.23. The smallest absolute Gasteiger partial charge is 0.180 e. The average Bonchev–Trinajstić information content (AvgIpc) is 2.74. The van der Waals surface area contributed by atoms with Gasteiger partial charge in [0, 0.05) is 17.3 Å². The van der Waals surface area contributed by atoms with Crippen molar-refractivity contribution in [2.75, 3.05) is 18.8 Å². The third kappa shape index (κ3) is 2.36. The molecule has 0 aliphatic carbocycles. The van der Waals surface area contributed by atoms with Gasteiger partial charge in [-0.15, -0.1) is 11.3 Å². The molecule has 1 aromatic rings. The molecule has 3 nitrogen and oxygen atoms in total. The van der Waals surface area contributed by atoms with Crippen molar-refractivity contribution in [1.29, 1.82) is 0 Å². The highest BCUT2D eigenvalue weighted by atomic mass is 32.2. The number of rotatable bonds is 3. The number of hydrogen-bond acceptors (Lipinski definition) is 4. The summed E-state index contributed by atoms with van der Waals surface area (Å²) in [6.45, 7) is 2.08. The summed E-state index contributed by atoms with van der Waals surface area (Å²) in [4.78, 5) is 4.06. The molecule has 0 saturated carbocycles. The van der Waals surface area contributed by atoms with Crippen LogP contribution in [0.5, 0.6) is 0 Å². The number of aromatic nitrogens is 1. The van der Waals surface area contributed by atoms with Gasteiger partial charge in [-0.2, -0.15) is 0 Å². The molecule has 72 valence electrons. The van der Waals surface area contributed by atoms with E-state index in [0.29, 0.717) is 5.92 Å². The lowest BCUT2D eigenvalue weighted by Crippen LogP contribution is -2.14. The highest BCUT2D eigenvalue weighted by Crippen LogP contribution is 2.15. The fraction of sp³-hybridized carbons (Fsp3) is 0.625. The number of thiazole rings is 1. The predicted molar refractivity (Wildman–Crippen MR) is 54.4 cm³/mol. The summed E-state index contributed by atoms with van der Waals surface area (Å²) in [5.41, 5.74) is 0. The van der Waals surface area contributed by atoms with Crippen LogP contribution in [0.15, 0.2) is 15.9 Å². The second-order valence-corrected chi connectivity index (χ2v) is 5.73. The first-order valence-electron chi connectivity index (χ1n) is 4.35. The van der Waals surface area contributed by atoms with E-state index in [1.807, 2.05) is 5.38 Å². The lowest BCUT2D eigenvalue weighted by molar-refractivity contribution is 0.632. The molecule has 0 radical (unpaired) electrons. The van der Waals surface area contributed by atoms with Gasteiger partial charge in [0.1, 0.15) is 0 Å². The third-order valence-corrected chi connectivity index (χ3v) is 4.83. The van der Waals surface area contributed by atoms with Gasteiger partial charge in [0.05, 0.1) is 10.8 Å². The Morgan fingerprint density at radius 3 is 3.31 bits per heavy atom. The predicted octanol–water partition coefficient (Wildman–Crippen LogP) is 0.860. The minimum Gasteiger partial charge on any atom is -0.316 e. The lowest BCUT2D eigenvalue weighted by atomic mass is 10.2. The highest BCUT2D eigenvalue weighted by Gasteiger charge is 2.18. The van der Waals surface area contributed by atoms with Gasteiger partial charge in [-0.3, -0.25) is 4.21 Å². The Hall–Kier alpha value is -0.260. The van der Waals surface area contributed by atoms with Crippen molar-refractivity contribution in [3.8, 4) is 0 Å². The van der Waals surface area contributed by atoms with Gasteiger partial charge in [-0.25, -0.2) is 4.98 Å². The Labute approximate surface area is 84.0 Å². The first-order valence-corrected chi connectivity index (χ1v) is 6.54. The minimum absolute atomic E-state index is 0.574. The van der Waals surface area contributed by atoms with Gasteiger partial charge >= 0.3 is 0 Å². The molecule has 1 N–H and O–H groups in total. The van der Waals surface area contributed by atoms with E-state index in [9.17, 15) is 4.21 Å². The summed E-state index contributed by atoms with van der Waals surface area (Å²) < 4.78 is 12.5. The van der Waals surface area contributed by atoms with Crippen molar-refractivity contribution in [1.82, 2.24) is 10.3 Å². The summed E-state index contributed by atoms with van der Waals surface area (Å²) >= 11 is 1.48. The van der Waals surface area contributed by atoms with Crippen molar-refractivity contribution >= 4 is 22.1 Å². The van der Waals surface area contributed by atoms with Crippen LogP contribution in [0.1, 0.15) is 6.42 Å². The van der Waals surface area contributed by atoms with E-state index < -0.39 is 10.8 Å². The highest BCUT2D eigenvalue weighted by molar-refractivity contribution is 7.87. The number of nitrogens with one attached hydrogen (secondary N) is 1. The Kier molecular flexibility index (Phi) is 3.08. The molecular formula is C8H12N2OS2. The second-order valence-electron chi connectivity index (χ2n) is 3.17. The van der Waals surface area contributed by atoms with Crippen LogP contribution in [0, 0.1) is 5.92 Å². The normalized spacial score (nSPS) is 24.8. The van der Waals surface area contributed by atoms with Gasteiger partial charge in [0.15, 0.2) is 4.34 Å². The van der Waals surface area contributed by atoms with E-state index in [1.165, 1.54) is 11.3 Å². The molecule has 0 aromatic carbocycles. The maximum Gasteiger partial charge on any atom is 0.180 e. The molecule has 0 bridgehead atoms. The molecule has 2 heterocycles. The SMILES string of the molecule is O=[S@](C[C@H]1CCNC1)c1nccs1. The molecule has 0 unspecified atom stereocenters. The monoisotopic (exact) mass is 216 g/mol. The molecule has 13 heavy (non-hydrogen) atoms. The molecule has 5 heteroatoms. The summed E-state index contributed by atoms with van der Waals surface area (Å²) in [7, 11) is -0.875. The summed E-state index contributed by atoms with van der Waals surface area (Å²) in [5.74, 6) is 1.34. The van der Waals surface area contributed by atoms with Crippen LogP contribution in [-0.2, 0) is 10.8 Å². The van der Waals surface area contributed by atoms with E-state index in [-0.39, 0.29) is 0 Å². The van der Waals surface area contributed by atoms with E-state index in [2.05, 4.69) is 10.3 Å². The van der Waals surface area contributed by atoms with Crippen LogP contribution in [0.4, 0.5) is 0 Å². The van der Waals surface area contributed by atoms with Crippen molar-refractivity contribution < 1.29 is 4.21 Å². The van der Waals surface area contributed by atoms with Crippen molar-refractivity contribution in [2.45, 2.75) is 10.8 Å². The van der Waals surface area contributed by atoms with E-state index in [4.69, 9.17) is 0 Å². The van der Waals surface area contributed by atoms with Crippen LogP contribution < -0.4 is 5.32 Å². The van der Waals surface area contributed by atoms with Gasteiger partial charge in [-0.1, -0.05) is 0 Å². The van der Waals surface area contributed by atoms with Crippen LogP contribution in [0.2, 0.25) is 0 Å². The molecule has 2 rings (SSSR count). The molecule has 1 aliphatic heterocycles. The van der Waals surface area contributed by atoms with Crippen LogP contribution >= 0.6 is 11.3 Å². The first-order chi connectivity index (χ1) is 6.36. The fourth-order valence-electron chi connectivity index (χ4n) is 1.46. The first kappa shape index (κ1) is 9.30. The largest absolute Gasteiger partial charge is 0.316 e. The standard InChI is InChI=1S/C8H12N2OS2/c11-13(8-10-3-4-12-8)6-7-1-2-9-5-7/h3-4,7,9H,1-2,5-6H2/t7-,13+/m0/s1. The zero-order chi connectivity index (χ0) is 9.10. The molecule has 1 saturated heterocycles. The van der Waals surface area contributed by atoms with Crippen molar-refractivity contribution in [3.05, 3.63) is 11.6 Å². The number of nitrogens with zero attached hydrogens (tertiary/aromatic N) is 1. The van der Waals surface area contributed by atoms with Gasteiger partial charge in [0.2, 0.25) is 0 Å². The maximum absolute atomic E-state index is 11.7. The van der Waals surface area contributed by atoms with E-state index >= 15 is 0 Å². The van der Waals surface area contributed by atoms with Gasteiger partial charge in [-0.05, 0) is 25.4 Å². The molecule has 1 aliphatic rings. The van der Waals surface area contributed by atoms with E-state index in [1.54, 1.807) is 6.20 Å². The molecule has 0 spiro atoms. The van der Waals surface area contributed by atoms with Crippen molar-refractivity contribution in [2.24, 2.45) is 5.92 Å². The van der Waals surface area contributed by atoms with Crippen LogP contribution in [0.25, 0.3) is 0 Å². The van der Waals surface area contributed by atoms with Crippen molar-refractivity contribution in [3.63, 3.8) is 0 Å². The summed E-state index contributed by atoms with van der Waals surface area (Å²) in [5, 5.41) is 5.15. The minimum atomic E-state index is -0.875. The Bertz CT molecular complexity index is 280. The number of hydrogen-bond donors (Lipinski definition) is 1. The molecule has 1 aromatic heterocycles. The topological polar surface area (TPSA) is 42.0 Å². The van der Waals surface area contributed by atoms with E-state index in [0.717, 1.165) is 29.6 Å². The Balaban J connectivity index is 1.91. The molecular weight excluding hydrogens is 204 g/mol. The Morgan fingerprint density at radius 1 is 1.77 bits per heavy atom. The van der Waals surface area contributed by atoms with Gasteiger partial charge < -0.3 is 5.32 Å². The third-order valence-electron chi connectivity index (χ3n) is 2.15. The van der Waals surface area contributed by atoms with Crippen LogP contribution in [-0.4, -0.2) is 28.0 Å². The lowest BCUT2D eigenvalue weighted by Gasteiger charge is -2.04. The second kappa shape index (κ2) is 4.30. The fourth-order valence-corrected chi connectivity index (χ4v) is 3.66. The zero-order valence-corrected chi connectivity index (χ0v) is 8.87. The Morgan fingerprint density at radius 2 is 2.69 bits per heavy atom. The van der Waals surface area contributed by atoms with Crippen LogP contribution in [0.3, 0.4) is 0 Å². The summed E-state index contributed by atoms with van der Waals surface area (Å²) in [6, 6.07) is 0.